The maximum absolute atomic E-state index is 11.7. The van der Waals surface area contributed by atoms with Gasteiger partial charge in [-0.15, -0.1) is 0 Å². The number of rotatable bonds is 6. The van der Waals surface area contributed by atoms with E-state index in [0.29, 0.717) is 12.0 Å². The highest BCUT2D eigenvalue weighted by atomic mass is 16.3. The van der Waals surface area contributed by atoms with E-state index in [0.717, 1.165) is 0 Å². The third kappa shape index (κ3) is 5.52. The van der Waals surface area contributed by atoms with Crippen molar-refractivity contribution in [2.24, 2.45) is 0 Å². The first-order valence-electron chi connectivity index (χ1n) is 6.20. The molecule has 0 aliphatic rings. The zero-order valence-corrected chi connectivity index (χ0v) is 11.3. The van der Waals surface area contributed by atoms with Gasteiger partial charge in [0.15, 0.2) is 0 Å². The molecule has 0 spiro atoms. The number of hydrogen-bond donors (Lipinski definition) is 3. The van der Waals surface area contributed by atoms with Gasteiger partial charge in [-0.3, -0.25) is 9.59 Å². The van der Waals surface area contributed by atoms with Crippen LogP contribution in [-0.4, -0.2) is 35.6 Å². The average molecular weight is 264 g/mol. The molecular formula is C14H20N2O3. The van der Waals surface area contributed by atoms with Gasteiger partial charge < -0.3 is 15.7 Å². The molecule has 2 amide bonds. The number of amides is 2. The zero-order valence-electron chi connectivity index (χ0n) is 11.3. The summed E-state index contributed by atoms with van der Waals surface area (Å²) in [5, 5.41) is 14.2. The number of hydrogen-bond acceptors (Lipinski definition) is 3. The number of carbonyl (C=O) groups excluding carboxylic acids is 2. The fourth-order valence-corrected chi connectivity index (χ4v) is 1.62. The molecule has 1 rings (SSSR count). The van der Waals surface area contributed by atoms with Crippen LogP contribution in [0, 0.1) is 0 Å². The number of aliphatic hydroxyl groups excluding tert-OH is 1. The quantitative estimate of drug-likeness (QED) is 0.707. The molecule has 0 aliphatic heterocycles. The summed E-state index contributed by atoms with van der Waals surface area (Å²) in [6.45, 7) is 3.56. The van der Waals surface area contributed by atoms with E-state index < -0.39 is 5.54 Å². The molecule has 0 unspecified atom stereocenters. The Hall–Kier alpha value is -1.88. The van der Waals surface area contributed by atoms with Crippen molar-refractivity contribution in [3.8, 4) is 0 Å². The van der Waals surface area contributed by atoms with Gasteiger partial charge in [0.25, 0.3) is 5.91 Å². The predicted octanol–water partition coefficient (Wildman–Crippen LogP) is 0.694. The second kappa shape index (κ2) is 6.89. The van der Waals surface area contributed by atoms with Gasteiger partial charge >= 0.3 is 0 Å². The Kier molecular flexibility index (Phi) is 5.51. The van der Waals surface area contributed by atoms with Gasteiger partial charge in [-0.05, 0) is 32.4 Å². The number of carbonyl (C=O) groups is 2. The van der Waals surface area contributed by atoms with Crippen LogP contribution in [0.1, 0.15) is 30.6 Å². The van der Waals surface area contributed by atoms with Crippen LogP contribution in [0.5, 0.6) is 0 Å². The Balaban J connectivity index is 2.41. The summed E-state index contributed by atoms with van der Waals surface area (Å²) in [4.78, 5) is 23.4. The molecule has 0 radical (unpaired) electrons. The van der Waals surface area contributed by atoms with E-state index in [9.17, 15) is 9.59 Å². The van der Waals surface area contributed by atoms with Gasteiger partial charge in [0.2, 0.25) is 5.91 Å². The van der Waals surface area contributed by atoms with Crippen molar-refractivity contribution in [2.45, 2.75) is 25.8 Å². The fraction of sp³-hybridized carbons (Fsp3) is 0.429. The second-order valence-electron chi connectivity index (χ2n) is 4.95. The van der Waals surface area contributed by atoms with E-state index in [1.165, 1.54) is 0 Å². The van der Waals surface area contributed by atoms with Crippen LogP contribution in [0.25, 0.3) is 0 Å². The summed E-state index contributed by atoms with van der Waals surface area (Å²) in [5.74, 6) is -0.557. The van der Waals surface area contributed by atoms with Crippen molar-refractivity contribution in [1.82, 2.24) is 10.6 Å². The number of benzene rings is 1. The molecule has 0 heterocycles. The van der Waals surface area contributed by atoms with Crippen LogP contribution in [0.2, 0.25) is 0 Å². The van der Waals surface area contributed by atoms with Crippen molar-refractivity contribution in [3.05, 3.63) is 35.9 Å². The van der Waals surface area contributed by atoms with Gasteiger partial charge in [0.05, 0.1) is 6.54 Å². The third-order valence-corrected chi connectivity index (χ3v) is 2.66. The molecule has 1 aromatic carbocycles. The first kappa shape index (κ1) is 15.2. The van der Waals surface area contributed by atoms with E-state index >= 15 is 0 Å². The van der Waals surface area contributed by atoms with Crippen LogP contribution >= 0.6 is 0 Å². The molecule has 0 saturated heterocycles. The monoisotopic (exact) mass is 264 g/mol. The average Bonchev–Trinajstić information content (AvgIpc) is 2.36. The van der Waals surface area contributed by atoms with E-state index in [4.69, 9.17) is 5.11 Å². The van der Waals surface area contributed by atoms with Crippen molar-refractivity contribution in [3.63, 3.8) is 0 Å². The minimum Gasteiger partial charge on any atom is -0.396 e. The first-order valence-corrected chi connectivity index (χ1v) is 6.20. The van der Waals surface area contributed by atoms with Crippen LogP contribution in [0.3, 0.4) is 0 Å². The van der Waals surface area contributed by atoms with Crippen LogP contribution in [-0.2, 0) is 4.79 Å². The Labute approximate surface area is 113 Å². The van der Waals surface area contributed by atoms with Gasteiger partial charge in [-0.2, -0.15) is 0 Å². The van der Waals surface area contributed by atoms with Crippen molar-refractivity contribution < 1.29 is 14.7 Å². The lowest BCUT2D eigenvalue weighted by atomic mass is 10.0. The molecule has 0 atom stereocenters. The maximum Gasteiger partial charge on any atom is 0.251 e. The topological polar surface area (TPSA) is 78.4 Å². The summed E-state index contributed by atoms with van der Waals surface area (Å²) in [7, 11) is 0. The van der Waals surface area contributed by atoms with Gasteiger partial charge in [0, 0.05) is 17.7 Å². The Morgan fingerprint density at radius 2 is 1.84 bits per heavy atom. The SMILES string of the molecule is CC(C)(CCO)NC(=O)CNC(=O)c1ccccc1. The van der Waals surface area contributed by atoms with Gasteiger partial charge in [-0.25, -0.2) is 0 Å². The van der Waals surface area contributed by atoms with E-state index in [1.807, 2.05) is 19.9 Å². The molecule has 5 heteroatoms. The minimum absolute atomic E-state index is 0.00363. The van der Waals surface area contributed by atoms with Crippen molar-refractivity contribution in [2.75, 3.05) is 13.2 Å². The van der Waals surface area contributed by atoms with Crippen LogP contribution in [0.15, 0.2) is 30.3 Å². The number of nitrogens with one attached hydrogen (secondary N) is 2. The van der Waals surface area contributed by atoms with Gasteiger partial charge in [-0.1, -0.05) is 18.2 Å². The molecular weight excluding hydrogens is 244 g/mol. The Bertz CT molecular complexity index is 430. The van der Waals surface area contributed by atoms with E-state index in [-0.39, 0.29) is 25.0 Å². The van der Waals surface area contributed by atoms with Gasteiger partial charge in [0.1, 0.15) is 0 Å². The number of aliphatic hydroxyl groups is 1. The molecule has 5 nitrogen and oxygen atoms in total. The van der Waals surface area contributed by atoms with E-state index in [1.54, 1.807) is 24.3 Å². The molecule has 0 bridgehead atoms. The third-order valence-electron chi connectivity index (χ3n) is 2.66. The Morgan fingerprint density at radius 1 is 1.21 bits per heavy atom. The second-order valence-corrected chi connectivity index (χ2v) is 4.95. The summed E-state index contributed by atoms with van der Waals surface area (Å²) in [6.07, 6.45) is 0.464. The summed E-state index contributed by atoms with van der Waals surface area (Å²) < 4.78 is 0. The van der Waals surface area contributed by atoms with Crippen molar-refractivity contribution in [1.29, 1.82) is 0 Å². The first-order chi connectivity index (χ1) is 8.94. The molecule has 3 N–H and O–H groups in total. The highest BCUT2D eigenvalue weighted by Gasteiger charge is 2.19. The molecule has 0 saturated carbocycles. The summed E-state index contributed by atoms with van der Waals surface area (Å²) in [6, 6.07) is 8.71. The smallest absolute Gasteiger partial charge is 0.251 e. The predicted molar refractivity (Wildman–Crippen MR) is 72.7 cm³/mol. The minimum atomic E-state index is -0.483. The molecule has 0 aromatic heterocycles. The molecule has 0 aliphatic carbocycles. The van der Waals surface area contributed by atoms with Crippen LogP contribution < -0.4 is 10.6 Å². The maximum atomic E-state index is 11.7. The largest absolute Gasteiger partial charge is 0.396 e. The molecule has 104 valence electrons. The summed E-state index contributed by atoms with van der Waals surface area (Å²) >= 11 is 0. The van der Waals surface area contributed by atoms with E-state index in [2.05, 4.69) is 10.6 Å². The molecule has 1 aromatic rings. The molecule has 0 fully saturated rings. The summed E-state index contributed by atoms with van der Waals surface area (Å²) in [5.41, 5.74) is 0.0356. The normalized spacial score (nSPS) is 10.9. The van der Waals surface area contributed by atoms with Crippen LogP contribution in [0.4, 0.5) is 0 Å². The fourth-order valence-electron chi connectivity index (χ4n) is 1.62. The zero-order chi connectivity index (χ0) is 14.3. The molecule has 19 heavy (non-hydrogen) atoms. The Morgan fingerprint density at radius 3 is 2.42 bits per heavy atom. The standard InChI is InChI=1S/C14H20N2O3/c1-14(2,8-9-17)16-12(18)10-15-13(19)11-6-4-3-5-7-11/h3-7,17H,8-10H2,1-2H3,(H,15,19)(H,16,18). The lowest BCUT2D eigenvalue weighted by Gasteiger charge is -2.25. The lowest BCUT2D eigenvalue weighted by molar-refractivity contribution is -0.121. The lowest BCUT2D eigenvalue weighted by Crippen LogP contribution is -2.48. The van der Waals surface area contributed by atoms with Crippen molar-refractivity contribution >= 4 is 11.8 Å². The highest BCUT2D eigenvalue weighted by molar-refractivity contribution is 5.96. The highest BCUT2D eigenvalue weighted by Crippen LogP contribution is 2.06.